The molecule has 23 nitrogen and oxygen atoms in total. The molecule has 23 heteroatoms. The average molecular weight is 1070 g/mol. The van der Waals surface area contributed by atoms with Crippen LogP contribution < -0.4 is 75.5 Å². The molecule has 17 N–H and O–H groups in total. The molecule has 0 radical (unpaired) electrons. The second kappa shape index (κ2) is 32.2. The van der Waals surface area contributed by atoms with Crippen LogP contribution in [0.4, 0.5) is 0 Å². The molecule has 1 aliphatic rings. The molecule has 0 aliphatic carbocycles. The van der Waals surface area contributed by atoms with Gasteiger partial charge in [-0.2, -0.15) is 0 Å². The molecule has 0 aromatic heterocycles. The van der Waals surface area contributed by atoms with Crippen LogP contribution in [0.3, 0.4) is 0 Å². The molecule has 1 fully saturated rings. The van der Waals surface area contributed by atoms with E-state index in [9.17, 15) is 43.2 Å². The fourth-order valence-electron chi connectivity index (χ4n) is 8.39. The van der Waals surface area contributed by atoms with Gasteiger partial charge in [-0.25, -0.2) is 0 Å². The van der Waals surface area contributed by atoms with Crippen molar-refractivity contribution in [2.45, 2.75) is 127 Å². The highest BCUT2D eigenvalue weighted by molar-refractivity contribution is 6.00. The van der Waals surface area contributed by atoms with Gasteiger partial charge in [0.15, 0.2) is 0 Å². The monoisotopic (exact) mass is 1070 g/mol. The van der Waals surface area contributed by atoms with Gasteiger partial charge < -0.3 is 75.5 Å². The first-order valence-corrected chi connectivity index (χ1v) is 26.2. The summed E-state index contributed by atoms with van der Waals surface area (Å²) >= 11 is 0. The summed E-state index contributed by atoms with van der Waals surface area (Å²) in [6, 6.07) is 13.6. The van der Waals surface area contributed by atoms with Gasteiger partial charge in [-0.15, -0.1) is 0 Å². The Balaban J connectivity index is 1.72. The van der Waals surface area contributed by atoms with Gasteiger partial charge in [-0.3, -0.25) is 43.2 Å². The van der Waals surface area contributed by atoms with Crippen LogP contribution in [0.25, 0.3) is 0 Å². The lowest BCUT2D eigenvalue weighted by Crippen LogP contribution is -2.61. The van der Waals surface area contributed by atoms with E-state index in [1.54, 1.807) is 54.6 Å². The van der Waals surface area contributed by atoms with Crippen LogP contribution >= 0.6 is 0 Å². The van der Waals surface area contributed by atoms with Gasteiger partial charge in [-0.05, 0) is 125 Å². The van der Waals surface area contributed by atoms with Crippen molar-refractivity contribution in [3.63, 3.8) is 0 Å². The number of rotatable bonds is 20. The number of nitrogens with one attached hydrogen (secondary N) is 9. The Labute approximate surface area is 450 Å². The molecule has 1 heterocycles. The molecule has 0 spiro atoms. The van der Waals surface area contributed by atoms with Gasteiger partial charge in [0.05, 0.1) is 0 Å². The lowest BCUT2D eigenvalue weighted by atomic mass is 10.00. The second-order valence-corrected chi connectivity index (χ2v) is 19.7. The van der Waals surface area contributed by atoms with Crippen molar-refractivity contribution in [1.82, 2.24) is 47.9 Å². The Morgan fingerprint density at radius 3 is 1.45 bits per heavy atom. The van der Waals surface area contributed by atoms with Crippen molar-refractivity contribution < 1.29 is 47.9 Å². The summed E-state index contributed by atoms with van der Waals surface area (Å²) in [7, 11) is 0. The van der Waals surface area contributed by atoms with Crippen LogP contribution in [0.1, 0.15) is 88.6 Å². The first kappa shape index (κ1) is 62.1. The minimum atomic E-state index is -1.47. The number of hydrogen-bond donors (Lipinski definition) is 13. The number of benzene rings is 3. The smallest absolute Gasteiger partial charge is 0.251 e. The maximum atomic E-state index is 14.4. The van der Waals surface area contributed by atoms with E-state index in [0.29, 0.717) is 17.1 Å². The highest BCUT2D eigenvalue weighted by Crippen LogP contribution is 2.21. The number of amides is 9. The lowest BCUT2D eigenvalue weighted by Gasteiger charge is -2.28. The molecule has 1 saturated heterocycles. The van der Waals surface area contributed by atoms with Crippen LogP contribution in [-0.4, -0.2) is 134 Å². The SMILES string of the molecule is CC(C)C[C@@H]1NC(=O)[C@H](CCN)NC(=O)[C@H](CCN)NC(=O)[C@H](Cc2ccccc2)NC(=O)[C@@H](CC(C)C)NC(=O)[C@H](CCN)NC(=O)[C@@H](NC(=O)[C@@H](CCN)NC(=O)c2ccc(Oc3ccccc3)cc2)CCNC1=O. The topological polar surface area (TPSA) is 375 Å². The van der Waals surface area contributed by atoms with E-state index >= 15 is 0 Å². The molecule has 9 amide bonds. The fourth-order valence-corrected chi connectivity index (χ4v) is 8.39. The van der Waals surface area contributed by atoms with Gasteiger partial charge in [-0.1, -0.05) is 76.2 Å². The molecular weight excluding hydrogens is 991 g/mol. The molecule has 4 rings (SSSR count). The summed E-state index contributed by atoms with van der Waals surface area (Å²) < 4.78 is 5.84. The number of carbonyl (C=O) groups excluding carboxylic acids is 9. The number of carbonyl (C=O) groups is 9. The van der Waals surface area contributed by atoms with Crippen molar-refractivity contribution in [3.05, 3.63) is 96.1 Å². The van der Waals surface area contributed by atoms with E-state index in [0.717, 1.165) is 0 Å². The highest BCUT2D eigenvalue weighted by Gasteiger charge is 2.35. The number of ether oxygens (including phenoxy) is 1. The first-order valence-electron chi connectivity index (χ1n) is 26.2. The van der Waals surface area contributed by atoms with Gasteiger partial charge in [0.25, 0.3) is 5.91 Å². The van der Waals surface area contributed by atoms with Crippen LogP contribution in [0.15, 0.2) is 84.9 Å². The lowest BCUT2D eigenvalue weighted by molar-refractivity contribution is -0.136. The average Bonchev–Trinajstić information content (AvgIpc) is 3.39. The maximum absolute atomic E-state index is 14.4. The summed E-state index contributed by atoms with van der Waals surface area (Å²) in [4.78, 5) is 127. The van der Waals surface area contributed by atoms with Crippen molar-refractivity contribution >= 4 is 53.2 Å². The molecule has 8 atom stereocenters. The molecule has 3 aromatic carbocycles. The van der Waals surface area contributed by atoms with Crippen LogP contribution in [0.5, 0.6) is 11.5 Å². The van der Waals surface area contributed by atoms with Crippen LogP contribution in [0.2, 0.25) is 0 Å². The Morgan fingerprint density at radius 1 is 0.532 bits per heavy atom. The quantitative estimate of drug-likeness (QED) is 0.0661. The van der Waals surface area contributed by atoms with Gasteiger partial charge in [0.2, 0.25) is 47.3 Å². The summed E-state index contributed by atoms with van der Waals surface area (Å²) in [5, 5.41) is 24.3. The van der Waals surface area contributed by atoms with E-state index in [1.807, 2.05) is 45.9 Å². The summed E-state index contributed by atoms with van der Waals surface area (Å²) in [5.41, 5.74) is 24.5. The van der Waals surface area contributed by atoms with Crippen molar-refractivity contribution in [1.29, 1.82) is 0 Å². The number of hydrogen-bond acceptors (Lipinski definition) is 14. The van der Waals surface area contributed by atoms with Crippen molar-refractivity contribution in [2.24, 2.45) is 34.8 Å². The van der Waals surface area contributed by atoms with Crippen molar-refractivity contribution in [3.8, 4) is 11.5 Å². The molecule has 3 aromatic rings. The highest BCUT2D eigenvalue weighted by atomic mass is 16.5. The second-order valence-electron chi connectivity index (χ2n) is 19.7. The van der Waals surface area contributed by atoms with E-state index < -0.39 is 101 Å². The zero-order chi connectivity index (χ0) is 56.4. The maximum Gasteiger partial charge on any atom is 0.251 e. The zero-order valence-electron chi connectivity index (χ0n) is 44.4. The largest absolute Gasteiger partial charge is 0.457 e. The predicted octanol–water partition coefficient (Wildman–Crippen LogP) is -0.779. The fraction of sp³-hybridized carbons (Fsp3) is 0.500. The molecule has 420 valence electrons. The standard InChI is InChI=1S/C54H79N13O10/c1-32(2)29-43-47(69)59-28-23-42(64-48(70)38(19-24-55)60-46(68)35-15-17-37(18-16-35)77-36-13-9-6-10-14-36)52(74)62-41(22-27-58)51(73)66-44(30-33(3)4)53(75)67-45(31-34-11-7-5-8-12-34)54(76)63-39(20-25-56)49(71)61-40(21-26-57)50(72)65-43/h5-18,32-33,38-45H,19-31,55-58H2,1-4H3,(H,59,69)(H,60,68)(H,61,71)(H,62,74)(H,63,76)(H,64,70)(H,65,72)(H,66,73)(H,67,75)/t38-,39+,40+,41+,42+,43+,44-,45+/m1/s1. The summed E-state index contributed by atoms with van der Waals surface area (Å²) in [6.45, 7) is 6.77. The van der Waals surface area contributed by atoms with Gasteiger partial charge >= 0.3 is 0 Å². The normalized spacial score (nSPS) is 22.0. The molecule has 1 aliphatic heterocycles. The predicted molar refractivity (Wildman–Crippen MR) is 289 cm³/mol. The third-order valence-electron chi connectivity index (χ3n) is 12.4. The number of para-hydroxylation sites is 1. The van der Waals surface area contributed by atoms with Crippen LogP contribution in [-0.2, 0) is 44.8 Å². The van der Waals surface area contributed by atoms with E-state index in [4.69, 9.17) is 27.7 Å². The van der Waals surface area contributed by atoms with Crippen LogP contribution in [0, 0.1) is 11.8 Å². The van der Waals surface area contributed by atoms with Crippen molar-refractivity contribution in [2.75, 3.05) is 32.7 Å². The summed E-state index contributed by atoms with van der Waals surface area (Å²) in [6.07, 6.45) is -0.402. The first-order chi connectivity index (χ1) is 36.8. The third-order valence-corrected chi connectivity index (χ3v) is 12.4. The minimum Gasteiger partial charge on any atom is -0.457 e. The van der Waals surface area contributed by atoms with E-state index in [-0.39, 0.29) is 101 Å². The Bertz CT molecular complexity index is 2410. The third kappa shape index (κ3) is 20.9. The molecule has 0 unspecified atom stereocenters. The Kier molecular flexibility index (Phi) is 26.0. The molecule has 77 heavy (non-hydrogen) atoms. The molecule has 0 bridgehead atoms. The van der Waals surface area contributed by atoms with Gasteiger partial charge in [0.1, 0.15) is 59.8 Å². The molecular formula is C54H79N13O10. The Hall–Kier alpha value is -7.47. The van der Waals surface area contributed by atoms with E-state index in [1.165, 1.54) is 12.1 Å². The summed E-state index contributed by atoms with van der Waals surface area (Å²) in [5.74, 6) is -6.10. The van der Waals surface area contributed by atoms with E-state index in [2.05, 4.69) is 47.9 Å². The Morgan fingerprint density at radius 2 is 0.961 bits per heavy atom. The number of nitrogens with two attached hydrogens (primary N) is 4. The minimum absolute atomic E-state index is 0.0400. The zero-order valence-corrected chi connectivity index (χ0v) is 44.4. The van der Waals surface area contributed by atoms with Gasteiger partial charge in [0, 0.05) is 18.5 Å². The molecule has 0 saturated carbocycles.